The Kier molecular flexibility index (Phi) is 9.91. The zero-order chi connectivity index (χ0) is 32.0. The maximum absolute atomic E-state index is 12.5. The number of fused-ring (bicyclic) bond motifs is 1. The minimum Gasteiger partial charge on any atom is -0.392 e. The summed E-state index contributed by atoms with van der Waals surface area (Å²) in [4.78, 5) is 14.9. The zero-order valence-electron chi connectivity index (χ0n) is 26.7. The van der Waals surface area contributed by atoms with Crippen molar-refractivity contribution in [3.63, 3.8) is 0 Å². The first-order chi connectivity index (χ1) is 22.4. The van der Waals surface area contributed by atoms with Crippen LogP contribution in [0, 0.1) is 5.92 Å². The van der Waals surface area contributed by atoms with Crippen molar-refractivity contribution in [2.45, 2.75) is 51.5 Å². The second-order valence-corrected chi connectivity index (χ2v) is 12.3. The summed E-state index contributed by atoms with van der Waals surface area (Å²) in [5.74, 6) is -0.0208. The summed E-state index contributed by atoms with van der Waals surface area (Å²) in [5, 5.41) is 15.1. The molecule has 6 nitrogen and oxygen atoms in total. The average Bonchev–Trinajstić information content (AvgIpc) is 3.11. The van der Waals surface area contributed by atoms with Gasteiger partial charge in [0.15, 0.2) is 6.29 Å². The Hall–Kier alpha value is -4.33. The van der Waals surface area contributed by atoms with Gasteiger partial charge in [-0.3, -0.25) is 9.69 Å². The van der Waals surface area contributed by atoms with Crippen LogP contribution in [0.1, 0.15) is 70.5 Å². The highest BCUT2D eigenvalue weighted by molar-refractivity contribution is 5.94. The van der Waals surface area contributed by atoms with Crippen LogP contribution in [0.2, 0.25) is 0 Å². The number of aliphatic hydroxyl groups excluding tert-OH is 1. The lowest BCUT2D eigenvalue weighted by molar-refractivity contribution is -0.276. The molecule has 5 aromatic carbocycles. The molecule has 6 heteroatoms. The normalized spacial score (nSPS) is 20.5. The first-order valence-electron chi connectivity index (χ1n) is 16.0. The minimum absolute atomic E-state index is 0.00528. The first-order valence-corrected chi connectivity index (χ1v) is 16.0. The van der Waals surface area contributed by atoms with E-state index < -0.39 is 6.29 Å². The highest BCUT2D eigenvalue weighted by Gasteiger charge is 2.39. The van der Waals surface area contributed by atoms with Gasteiger partial charge in [0, 0.05) is 36.2 Å². The number of carbonyl (C=O) groups excluding carboxylic acids is 1. The van der Waals surface area contributed by atoms with Crippen LogP contribution >= 0.6 is 0 Å². The monoisotopic (exact) mass is 614 g/mol. The number of hydrogen-bond acceptors (Lipinski definition) is 5. The maximum atomic E-state index is 12.5. The van der Waals surface area contributed by atoms with Crippen LogP contribution in [-0.2, 0) is 22.6 Å². The molecule has 0 radical (unpaired) electrons. The average molecular weight is 615 g/mol. The van der Waals surface area contributed by atoms with Crippen LogP contribution in [0.25, 0.3) is 10.8 Å². The molecule has 0 aromatic heterocycles. The lowest BCUT2D eigenvalue weighted by atomic mass is 9.89. The maximum Gasteiger partial charge on any atom is 0.251 e. The summed E-state index contributed by atoms with van der Waals surface area (Å²) < 4.78 is 13.4. The van der Waals surface area contributed by atoms with Gasteiger partial charge in [0.2, 0.25) is 0 Å². The van der Waals surface area contributed by atoms with Gasteiger partial charge in [0.1, 0.15) is 0 Å². The van der Waals surface area contributed by atoms with E-state index >= 15 is 0 Å². The van der Waals surface area contributed by atoms with Crippen LogP contribution in [0.15, 0.2) is 121 Å². The molecule has 1 heterocycles. The van der Waals surface area contributed by atoms with Gasteiger partial charge in [-0.1, -0.05) is 110 Å². The van der Waals surface area contributed by atoms with Gasteiger partial charge < -0.3 is 19.9 Å². The molecule has 0 bridgehead atoms. The fraction of sp³-hybridized carbons (Fsp3) is 0.275. The fourth-order valence-electron chi connectivity index (χ4n) is 6.16. The topological polar surface area (TPSA) is 71.0 Å². The molecule has 1 amide bonds. The Morgan fingerprint density at radius 2 is 1.46 bits per heavy atom. The third-order valence-corrected chi connectivity index (χ3v) is 9.25. The molecule has 1 saturated heterocycles. The van der Waals surface area contributed by atoms with E-state index in [-0.39, 0.29) is 36.7 Å². The summed E-state index contributed by atoms with van der Waals surface area (Å²) in [6, 6.07) is 40.7. The molecule has 1 aliphatic heterocycles. The number of likely N-dealkylation sites (N-methyl/N-ethyl adjacent to an activating group) is 1. The smallest absolute Gasteiger partial charge is 0.251 e. The third-order valence-electron chi connectivity index (χ3n) is 9.25. The van der Waals surface area contributed by atoms with Gasteiger partial charge in [-0.25, -0.2) is 0 Å². The van der Waals surface area contributed by atoms with Crippen molar-refractivity contribution in [2.24, 2.45) is 5.92 Å². The molecule has 1 aliphatic rings. The van der Waals surface area contributed by atoms with Gasteiger partial charge in [0.05, 0.1) is 18.8 Å². The van der Waals surface area contributed by atoms with E-state index in [1.54, 1.807) is 12.1 Å². The number of amides is 1. The standard InChI is InChI=1S/C40H42N2O4/c1-27-37(25-42(3)28(2)35-22-21-31-9-7-8-12-36(31)23-35)45-40(46-38(27)32-17-15-30(26-43)16-18-32)34-19-13-29(14-20-34)24-41-39(44)33-10-5-4-6-11-33/h4-23,27-28,37-38,40,43H,24-26H2,1-3H3,(H,41,44)/t27-,28-,37+,38+,40+/m1/s1. The fourth-order valence-corrected chi connectivity index (χ4v) is 6.16. The number of carbonyl (C=O) groups is 1. The SMILES string of the molecule is C[C@@H]1[C@H](CN(C)[C@H](C)c2ccc3ccccc3c2)O[C@H](c2ccc(CNC(=O)c3ccccc3)cc2)O[C@@H]1c1ccc(CO)cc1. The Morgan fingerprint density at radius 1 is 0.804 bits per heavy atom. The summed E-state index contributed by atoms with van der Waals surface area (Å²) >= 11 is 0. The van der Waals surface area contributed by atoms with Crippen LogP contribution < -0.4 is 5.32 Å². The van der Waals surface area contributed by atoms with Crippen LogP contribution in [0.4, 0.5) is 0 Å². The molecular formula is C40H42N2O4. The molecule has 1 fully saturated rings. The number of benzene rings is 5. The van der Waals surface area contributed by atoms with E-state index in [9.17, 15) is 9.90 Å². The molecule has 5 atom stereocenters. The minimum atomic E-state index is -0.555. The van der Waals surface area contributed by atoms with Crippen molar-refractivity contribution in [3.05, 3.63) is 155 Å². The van der Waals surface area contributed by atoms with Gasteiger partial charge >= 0.3 is 0 Å². The Balaban J connectivity index is 1.19. The van der Waals surface area contributed by atoms with E-state index in [1.165, 1.54) is 16.3 Å². The predicted octanol–water partition coefficient (Wildman–Crippen LogP) is 7.75. The number of nitrogens with one attached hydrogen (secondary N) is 1. The number of aliphatic hydroxyl groups is 1. The summed E-state index contributed by atoms with van der Waals surface area (Å²) in [7, 11) is 2.16. The Bertz CT molecular complexity index is 1740. The number of ether oxygens (including phenoxy) is 2. The molecule has 0 spiro atoms. The van der Waals surface area contributed by atoms with Crippen LogP contribution in [-0.4, -0.2) is 35.6 Å². The van der Waals surface area contributed by atoms with Crippen molar-refractivity contribution in [2.75, 3.05) is 13.6 Å². The molecule has 0 aliphatic carbocycles. The summed E-state index contributed by atoms with van der Waals surface area (Å²) in [6.45, 7) is 5.59. The molecule has 6 rings (SSSR count). The first kappa shape index (κ1) is 31.6. The van der Waals surface area contributed by atoms with Crippen molar-refractivity contribution >= 4 is 16.7 Å². The number of rotatable bonds is 10. The van der Waals surface area contributed by atoms with Gasteiger partial charge in [-0.2, -0.15) is 0 Å². The summed E-state index contributed by atoms with van der Waals surface area (Å²) in [5.41, 5.74) is 5.76. The molecule has 0 saturated carbocycles. The van der Waals surface area contributed by atoms with Gasteiger partial charge in [-0.15, -0.1) is 0 Å². The Labute approximate surface area is 271 Å². The van der Waals surface area contributed by atoms with Gasteiger partial charge in [0.25, 0.3) is 5.91 Å². The molecule has 0 unspecified atom stereocenters. The van der Waals surface area contributed by atoms with Crippen molar-refractivity contribution in [1.82, 2.24) is 10.2 Å². The van der Waals surface area contributed by atoms with Crippen LogP contribution in [0.3, 0.4) is 0 Å². The van der Waals surface area contributed by atoms with Crippen molar-refractivity contribution < 1.29 is 19.4 Å². The second kappa shape index (κ2) is 14.4. The highest BCUT2D eigenvalue weighted by atomic mass is 16.7. The largest absolute Gasteiger partial charge is 0.392 e. The highest BCUT2D eigenvalue weighted by Crippen LogP contribution is 2.42. The van der Waals surface area contributed by atoms with Gasteiger partial charge in [-0.05, 0) is 65.2 Å². The second-order valence-electron chi connectivity index (χ2n) is 12.3. The lowest BCUT2D eigenvalue weighted by Crippen LogP contribution is -2.44. The molecule has 2 N–H and O–H groups in total. The number of nitrogens with zero attached hydrogens (tertiary/aromatic N) is 1. The lowest BCUT2D eigenvalue weighted by Gasteiger charge is -2.43. The van der Waals surface area contributed by atoms with E-state index in [0.29, 0.717) is 12.1 Å². The van der Waals surface area contributed by atoms with E-state index in [1.807, 2.05) is 66.7 Å². The van der Waals surface area contributed by atoms with Crippen LogP contribution in [0.5, 0.6) is 0 Å². The molecule has 46 heavy (non-hydrogen) atoms. The molecular weight excluding hydrogens is 572 g/mol. The molecule has 5 aromatic rings. The third kappa shape index (κ3) is 7.22. The van der Waals surface area contributed by atoms with E-state index in [4.69, 9.17) is 9.47 Å². The predicted molar refractivity (Wildman–Crippen MR) is 182 cm³/mol. The van der Waals surface area contributed by atoms with Crippen molar-refractivity contribution in [3.8, 4) is 0 Å². The van der Waals surface area contributed by atoms with E-state index in [0.717, 1.165) is 28.8 Å². The number of hydrogen-bond donors (Lipinski definition) is 2. The van der Waals surface area contributed by atoms with Crippen molar-refractivity contribution in [1.29, 1.82) is 0 Å². The Morgan fingerprint density at radius 3 is 2.17 bits per heavy atom. The zero-order valence-corrected chi connectivity index (χ0v) is 26.7. The molecule has 236 valence electrons. The quantitative estimate of drug-likeness (QED) is 0.168. The van der Waals surface area contributed by atoms with E-state index in [2.05, 4.69) is 73.6 Å². The summed E-state index contributed by atoms with van der Waals surface area (Å²) in [6.07, 6.45) is -0.842.